The maximum atomic E-state index is 13.7. The first kappa shape index (κ1) is 27.1. The molecular formula is C30H33F2N7O2. The minimum absolute atomic E-state index is 0.215. The fraction of sp³-hybridized carbons (Fsp3) is 0.367. The third-order valence-electron chi connectivity index (χ3n) is 7.68. The average molecular weight is 562 g/mol. The standard InChI is InChI=1S/C30H33F2N7O2/c1-37-8-10-38(11-9-37)25-2-3-26(27(18-25)34-23-5-12-41-13-6-23)30(40)36-28-19-33-39-7-4-24(35-29(28)39)16-20-14-21(31)17-22(32)15-20/h2-4,7,14-15,17-19,23,34H,5-6,8-13,16H2,1H3,(H,36,40). The summed E-state index contributed by atoms with van der Waals surface area (Å²) in [7, 11) is 2.13. The van der Waals surface area contributed by atoms with E-state index in [9.17, 15) is 13.6 Å². The second-order valence-electron chi connectivity index (χ2n) is 10.7. The second-order valence-corrected chi connectivity index (χ2v) is 10.7. The van der Waals surface area contributed by atoms with Crippen LogP contribution in [0.1, 0.15) is 34.5 Å². The van der Waals surface area contributed by atoms with Gasteiger partial charge in [-0.2, -0.15) is 5.10 Å². The third-order valence-corrected chi connectivity index (χ3v) is 7.68. The molecule has 0 atom stereocenters. The van der Waals surface area contributed by atoms with E-state index in [1.165, 1.54) is 12.1 Å². The highest BCUT2D eigenvalue weighted by atomic mass is 19.1. The Morgan fingerprint density at radius 3 is 2.51 bits per heavy atom. The number of hydrogen-bond donors (Lipinski definition) is 2. The van der Waals surface area contributed by atoms with Crippen LogP contribution in [-0.2, 0) is 11.2 Å². The van der Waals surface area contributed by atoms with Crippen molar-refractivity contribution in [2.24, 2.45) is 0 Å². The van der Waals surface area contributed by atoms with Crippen LogP contribution in [0.4, 0.5) is 25.8 Å². The molecular weight excluding hydrogens is 528 g/mol. The molecule has 0 saturated carbocycles. The number of carbonyl (C=O) groups excluding carboxylic acids is 1. The number of benzene rings is 2. The van der Waals surface area contributed by atoms with E-state index in [-0.39, 0.29) is 18.4 Å². The Morgan fingerprint density at radius 1 is 1.00 bits per heavy atom. The number of nitrogens with zero attached hydrogens (tertiary/aromatic N) is 5. The van der Waals surface area contributed by atoms with Gasteiger partial charge in [-0.25, -0.2) is 18.3 Å². The van der Waals surface area contributed by atoms with E-state index in [1.807, 2.05) is 12.1 Å². The molecule has 9 nitrogen and oxygen atoms in total. The van der Waals surface area contributed by atoms with Gasteiger partial charge in [-0.3, -0.25) is 4.79 Å². The molecule has 41 heavy (non-hydrogen) atoms. The molecule has 0 spiro atoms. The molecule has 2 aromatic heterocycles. The number of aromatic nitrogens is 3. The van der Waals surface area contributed by atoms with Crippen molar-refractivity contribution >= 4 is 28.6 Å². The quantitative estimate of drug-likeness (QED) is 0.350. The van der Waals surface area contributed by atoms with Crippen molar-refractivity contribution in [2.75, 3.05) is 62.0 Å². The minimum atomic E-state index is -0.637. The number of fused-ring (bicyclic) bond motifs is 1. The number of nitrogens with one attached hydrogen (secondary N) is 2. The predicted octanol–water partition coefficient (Wildman–Crippen LogP) is 4.19. The highest BCUT2D eigenvalue weighted by Gasteiger charge is 2.22. The number of likely N-dealkylation sites (N-methyl/N-ethyl adjacent to an activating group) is 1. The Hall–Kier alpha value is -4.09. The topological polar surface area (TPSA) is 87.0 Å². The lowest BCUT2D eigenvalue weighted by molar-refractivity contribution is 0.0904. The first-order valence-electron chi connectivity index (χ1n) is 13.9. The normalized spacial score (nSPS) is 16.7. The van der Waals surface area contributed by atoms with Gasteiger partial charge in [0, 0.05) is 81.2 Å². The van der Waals surface area contributed by atoms with Crippen LogP contribution < -0.4 is 15.5 Å². The maximum Gasteiger partial charge on any atom is 0.257 e. The SMILES string of the molecule is CN1CCN(c2ccc(C(=O)Nc3cnn4ccc(Cc5cc(F)cc(F)c5)nc34)c(NC3CCOCC3)c2)CC1. The van der Waals surface area contributed by atoms with E-state index in [1.54, 1.807) is 23.0 Å². The number of carbonyl (C=O) groups is 1. The molecule has 11 heteroatoms. The Balaban J connectivity index is 1.25. The Labute approximate surface area is 237 Å². The highest BCUT2D eigenvalue weighted by Crippen LogP contribution is 2.28. The van der Waals surface area contributed by atoms with Crippen molar-refractivity contribution in [3.8, 4) is 0 Å². The lowest BCUT2D eigenvalue weighted by Crippen LogP contribution is -2.44. The zero-order valence-electron chi connectivity index (χ0n) is 22.9. The van der Waals surface area contributed by atoms with Gasteiger partial charge in [-0.1, -0.05) is 0 Å². The van der Waals surface area contributed by atoms with Crippen molar-refractivity contribution in [1.82, 2.24) is 19.5 Å². The van der Waals surface area contributed by atoms with Gasteiger partial charge < -0.3 is 25.2 Å². The first-order valence-corrected chi connectivity index (χ1v) is 13.9. The van der Waals surface area contributed by atoms with E-state index < -0.39 is 11.6 Å². The van der Waals surface area contributed by atoms with Crippen molar-refractivity contribution < 1.29 is 18.3 Å². The Bertz CT molecular complexity index is 1530. The summed E-state index contributed by atoms with van der Waals surface area (Å²) in [5.74, 6) is -1.55. The van der Waals surface area contributed by atoms with E-state index in [0.717, 1.165) is 56.5 Å². The van der Waals surface area contributed by atoms with E-state index in [2.05, 4.69) is 43.6 Å². The van der Waals surface area contributed by atoms with Gasteiger partial charge in [0.25, 0.3) is 5.91 Å². The molecule has 2 aromatic carbocycles. The summed E-state index contributed by atoms with van der Waals surface area (Å²) in [5.41, 5.74) is 4.35. The average Bonchev–Trinajstić information content (AvgIpc) is 3.35. The second kappa shape index (κ2) is 11.8. The largest absolute Gasteiger partial charge is 0.381 e. The summed E-state index contributed by atoms with van der Waals surface area (Å²) in [6, 6.07) is 11.3. The van der Waals surface area contributed by atoms with E-state index in [0.29, 0.717) is 41.4 Å². The number of rotatable bonds is 7. The molecule has 0 aliphatic carbocycles. The van der Waals surface area contributed by atoms with Gasteiger partial charge in [0.05, 0.1) is 11.8 Å². The van der Waals surface area contributed by atoms with Crippen LogP contribution in [-0.4, -0.2) is 77.9 Å². The fourth-order valence-electron chi connectivity index (χ4n) is 5.38. The van der Waals surface area contributed by atoms with Gasteiger partial charge in [0.1, 0.15) is 17.3 Å². The molecule has 2 N–H and O–H groups in total. The van der Waals surface area contributed by atoms with Crippen LogP contribution in [0.3, 0.4) is 0 Å². The summed E-state index contributed by atoms with van der Waals surface area (Å²) in [6.07, 6.45) is 5.24. The molecule has 0 radical (unpaired) electrons. The molecule has 2 aliphatic heterocycles. The Morgan fingerprint density at radius 2 is 1.76 bits per heavy atom. The molecule has 4 heterocycles. The van der Waals surface area contributed by atoms with Crippen molar-refractivity contribution in [3.63, 3.8) is 0 Å². The van der Waals surface area contributed by atoms with Gasteiger partial charge in [-0.05, 0) is 61.9 Å². The number of piperazine rings is 1. The van der Waals surface area contributed by atoms with Crippen molar-refractivity contribution in [3.05, 3.63) is 83.3 Å². The van der Waals surface area contributed by atoms with E-state index in [4.69, 9.17) is 4.74 Å². The number of hydrogen-bond acceptors (Lipinski definition) is 7. The number of halogens is 2. The number of amides is 1. The van der Waals surface area contributed by atoms with Crippen LogP contribution in [0.25, 0.3) is 5.65 Å². The van der Waals surface area contributed by atoms with Gasteiger partial charge in [-0.15, -0.1) is 0 Å². The first-order chi connectivity index (χ1) is 19.9. The molecule has 6 rings (SSSR count). The highest BCUT2D eigenvalue weighted by molar-refractivity contribution is 6.09. The summed E-state index contributed by atoms with van der Waals surface area (Å²) in [6.45, 7) is 5.21. The summed E-state index contributed by atoms with van der Waals surface area (Å²) >= 11 is 0. The lowest BCUT2D eigenvalue weighted by Gasteiger charge is -2.34. The van der Waals surface area contributed by atoms with Crippen LogP contribution in [0, 0.1) is 11.6 Å². The van der Waals surface area contributed by atoms with Gasteiger partial charge in [0.15, 0.2) is 5.65 Å². The molecule has 1 amide bonds. The van der Waals surface area contributed by atoms with Crippen LogP contribution in [0.15, 0.2) is 54.9 Å². The lowest BCUT2D eigenvalue weighted by atomic mass is 10.1. The van der Waals surface area contributed by atoms with Crippen molar-refractivity contribution in [1.29, 1.82) is 0 Å². The molecule has 0 unspecified atom stereocenters. The van der Waals surface area contributed by atoms with Crippen LogP contribution in [0.5, 0.6) is 0 Å². The van der Waals surface area contributed by atoms with Crippen LogP contribution >= 0.6 is 0 Å². The summed E-state index contributed by atoms with van der Waals surface area (Å²) in [4.78, 5) is 22.9. The molecule has 0 bridgehead atoms. The molecule has 2 aliphatic rings. The summed E-state index contributed by atoms with van der Waals surface area (Å²) < 4.78 is 34.5. The number of ether oxygens (including phenoxy) is 1. The van der Waals surface area contributed by atoms with Gasteiger partial charge >= 0.3 is 0 Å². The smallest absolute Gasteiger partial charge is 0.257 e. The predicted molar refractivity (Wildman–Crippen MR) is 154 cm³/mol. The zero-order valence-corrected chi connectivity index (χ0v) is 22.9. The third kappa shape index (κ3) is 6.31. The minimum Gasteiger partial charge on any atom is -0.381 e. The van der Waals surface area contributed by atoms with Crippen LogP contribution in [0.2, 0.25) is 0 Å². The molecule has 2 saturated heterocycles. The Kier molecular flexibility index (Phi) is 7.80. The molecule has 2 fully saturated rings. The fourth-order valence-corrected chi connectivity index (χ4v) is 5.38. The molecule has 214 valence electrons. The van der Waals surface area contributed by atoms with E-state index >= 15 is 0 Å². The maximum absolute atomic E-state index is 13.7. The molecule has 4 aromatic rings. The van der Waals surface area contributed by atoms with Gasteiger partial charge in [0.2, 0.25) is 0 Å². The zero-order chi connectivity index (χ0) is 28.3. The number of anilines is 3. The monoisotopic (exact) mass is 561 g/mol. The van der Waals surface area contributed by atoms with Crippen molar-refractivity contribution in [2.45, 2.75) is 25.3 Å². The summed E-state index contributed by atoms with van der Waals surface area (Å²) in [5, 5.41) is 10.9.